The Balaban J connectivity index is 1.48. The topological polar surface area (TPSA) is 109 Å². The molecule has 0 saturated heterocycles. The summed E-state index contributed by atoms with van der Waals surface area (Å²) in [6, 6.07) is 18.3. The average Bonchev–Trinajstić information content (AvgIpc) is 2.80. The van der Waals surface area contributed by atoms with Crippen molar-refractivity contribution in [3.05, 3.63) is 87.9 Å². The lowest BCUT2D eigenvalue weighted by Gasteiger charge is -2.09. The van der Waals surface area contributed by atoms with Gasteiger partial charge in [-0.15, -0.1) is 0 Å². The number of amides is 3. The quantitative estimate of drug-likeness (QED) is 0.254. The van der Waals surface area contributed by atoms with Gasteiger partial charge in [0, 0.05) is 21.4 Å². The van der Waals surface area contributed by atoms with Crippen LogP contribution in [0.25, 0.3) is 0 Å². The second-order valence-corrected chi connectivity index (χ2v) is 7.88. The fourth-order valence-corrected chi connectivity index (χ4v) is 3.04. The number of halogens is 2. The summed E-state index contributed by atoms with van der Waals surface area (Å²) in [4.78, 5) is 36.0. The van der Waals surface area contributed by atoms with Gasteiger partial charge in [-0.3, -0.25) is 14.4 Å². The first-order chi connectivity index (χ1) is 16.3. The highest BCUT2D eigenvalue weighted by molar-refractivity contribution is 6.39. The highest BCUT2D eigenvalue weighted by Crippen LogP contribution is 2.20. The van der Waals surface area contributed by atoms with Gasteiger partial charge < -0.3 is 15.4 Å². The molecule has 0 aromatic heterocycles. The van der Waals surface area contributed by atoms with Crippen LogP contribution in [0.3, 0.4) is 0 Å². The van der Waals surface area contributed by atoms with Gasteiger partial charge in [0.15, 0.2) is 6.61 Å². The van der Waals surface area contributed by atoms with Crippen molar-refractivity contribution >= 4 is 58.5 Å². The Labute approximate surface area is 205 Å². The molecule has 0 fully saturated rings. The molecule has 0 spiro atoms. The van der Waals surface area contributed by atoms with Crippen LogP contribution in [0.1, 0.15) is 11.1 Å². The normalized spacial score (nSPS) is 10.6. The number of hydrogen-bond donors (Lipinski definition) is 3. The molecule has 0 atom stereocenters. The summed E-state index contributed by atoms with van der Waals surface area (Å²) in [6.07, 6.45) is 1.34. The minimum atomic E-state index is -0.948. The first kappa shape index (κ1) is 24.8. The number of aryl methyl sites for hydroxylation is 1. The van der Waals surface area contributed by atoms with Crippen molar-refractivity contribution in [2.24, 2.45) is 5.10 Å². The van der Waals surface area contributed by atoms with Crippen molar-refractivity contribution in [3.63, 3.8) is 0 Å². The molecule has 3 rings (SSSR count). The molecule has 0 saturated carbocycles. The number of benzene rings is 3. The zero-order valence-electron chi connectivity index (χ0n) is 18.0. The van der Waals surface area contributed by atoms with Crippen molar-refractivity contribution in [2.75, 3.05) is 17.2 Å². The monoisotopic (exact) mass is 498 g/mol. The second kappa shape index (κ2) is 11.8. The van der Waals surface area contributed by atoms with E-state index in [-0.39, 0.29) is 12.5 Å². The average molecular weight is 499 g/mol. The maximum atomic E-state index is 12.1. The molecule has 0 bridgehead atoms. The first-order valence-electron chi connectivity index (χ1n) is 9.99. The zero-order valence-corrected chi connectivity index (χ0v) is 19.5. The van der Waals surface area contributed by atoms with Gasteiger partial charge in [0.25, 0.3) is 5.91 Å². The van der Waals surface area contributed by atoms with E-state index in [4.69, 9.17) is 27.9 Å². The van der Waals surface area contributed by atoms with E-state index in [0.717, 1.165) is 5.56 Å². The van der Waals surface area contributed by atoms with Gasteiger partial charge in [-0.1, -0.05) is 47.5 Å². The number of nitrogens with one attached hydrogen (secondary N) is 3. The van der Waals surface area contributed by atoms with Gasteiger partial charge in [0.05, 0.1) is 6.21 Å². The van der Waals surface area contributed by atoms with Crippen LogP contribution in [0.2, 0.25) is 10.0 Å². The highest BCUT2D eigenvalue weighted by atomic mass is 35.5. The molecule has 0 aliphatic heterocycles. The Morgan fingerprint density at radius 1 is 0.912 bits per heavy atom. The summed E-state index contributed by atoms with van der Waals surface area (Å²) >= 11 is 11.9. The lowest BCUT2D eigenvalue weighted by molar-refractivity contribution is -0.136. The predicted octanol–water partition coefficient (Wildman–Crippen LogP) is 4.41. The van der Waals surface area contributed by atoms with Gasteiger partial charge >= 0.3 is 11.8 Å². The van der Waals surface area contributed by atoms with E-state index in [2.05, 4.69) is 21.2 Å². The second-order valence-electron chi connectivity index (χ2n) is 7.04. The molecule has 10 heteroatoms. The van der Waals surface area contributed by atoms with E-state index in [1.165, 1.54) is 12.3 Å². The van der Waals surface area contributed by atoms with E-state index < -0.39 is 11.8 Å². The molecule has 0 aliphatic rings. The van der Waals surface area contributed by atoms with E-state index in [0.29, 0.717) is 32.7 Å². The van der Waals surface area contributed by atoms with Crippen molar-refractivity contribution in [3.8, 4) is 5.75 Å². The summed E-state index contributed by atoms with van der Waals surface area (Å²) in [6.45, 7) is 1.65. The van der Waals surface area contributed by atoms with E-state index >= 15 is 0 Å². The molecular formula is C24H20Cl2N4O4. The van der Waals surface area contributed by atoms with Gasteiger partial charge in [-0.2, -0.15) is 5.10 Å². The molecule has 0 heterocycles. The van der Waals surface area contributed by atoms with Crippen LogP contribution in [0.4, 0.5) is 11.4 Å². The maximum Gasteiger partial charge on any atom is 0.329 e. The third kappa shape index (κ3) is 7.61. The highest BCUT2D eigenvalue weighted by Gasteiger charge is 2.13. The number of ether oxygens (including phenoxy) is 1. The standard InChI is InChI=1S/C24H20Cl2N4O4/c1-15-8-9-19(12-21(15)26)28-22(31)14-34-20-7-2-4-16(10-20)13-27-30-24(33)23(32)29-18-6-3-5-17(25)11-18/h2-13H,14H2,1H3,(H,28,31)(H,29,32)(H,30,33)/b27-13-. The number of hydrazone groups is 1. The van der Waals surface area contributed by atoms with Gasteiger partial charge in [0.2, 0.25) is 0 Å². The number of carbonyl (C=O) groups is 3. The largest absolute Gasteiger partial charge is 0.484 e. The molecule has 0 radical (unpaired) electrons. The lowest BCUT2D eigenvalue weighted by Crippen LogP contribution is -2.32. The zero-order chi connectivity index (χ0) is 24.5. The summed E-state index contributed by atoms with van der Waals surface area (Å²) in [5, 5.41) is 9.87. The van der Waals surface area contributed by atoms with Crippen molar-refractivity contribution in [2.45, 2.75) is 6.92 Å². The Hall–Kier alpha value is -3.88. The molecule has 34 heavy (non-hydrogen) atoms. The Morgan fingerprint density at radius 2 is 1.68 bits per heavy atom. The number of carbonyl (C=O) groups excluding carboxylic acids is 3. The third-order valence-electron chi connectivity index (χ3n) is 4.35. The lowest BCUT2D eigenvalue weighted by atomic mass is 10.2. The van der Waals surface area contributed by atoms with Gasteiger partial charge in [-0.05, 0) is 60.5 Å². The molecule has 174 valence electrons. The van der Waals surface area contributed by atoms with E-state index in [1.807, 2.05) is 6.92 Å². The van der Waals surface area contributed by atoms with Crippen LogP contribution >= 0.6 is 23.2 Å². The Morgan fingerprint density at radius 3 is 2.44 bits per heavy atom. The summed E-state index contributed by atoms with van der Waals surface area (Å²) in [5.74, 6) is -1.77. The third-order valence-corrected chi connectivity index (χ3v) is 4.99. The number of anilines is 2. The molecule has 8 nitrogen and oxygen atoms in total. The van der Waals surface area contributed by atoms with E-state index in [9.17, 15) is 14.4 Å². The van der Waals surface area contributed by atoms with Crippen molar-refractivity contribution < 1.29 is 19.1 Å². The number of nitrogens with zero attached hydrogens (tertiary/aromatic N) is 1. The molecule has 0 aliphatic carbocycles. The van der Waals surface area contributed by atoms with Crippen LogP contribution in [-0.4, -0.2) is 30.5 Å². The summed E-state index contributed by atoms with van der Waals surface area (Å²) in [7, 11) is 0. The summed E-state index contributed by atoms with van der Waals surface area (Å²) in [5.41, 5.74) is 4.59. The minimum Gasteiger partial charge on any atom is -0.484 e. The van der Waals surface area contributed by atoms with Crippen LogP contribution in [-0.2, 0) is 14.4 Å². The Bertz CT molecular complexity index is 1250. The fraction of sp³-hybridized carbons (Fsp3) is 0.0833. The van der Waals surface area contributed by atoms with Crippen molar-refractivity contribution in [1.82, 2.24) is 5.43 Å². The summed E-state index contributed by atoms with van der Waals surface area (Å²) < 4.78 is 5.51. The predicted molar refractivity (Wildman–Crippen MR) is 133 cm³/mol. The van der Waals surface area contributed by atoms with Crippen LogP contribution in [0.15, 0.2) is 71.8 Å². The number of rotatable bonds is 7. The Kier molecular flexibility index (Phi) is 8.61. The van der Waals surface area contributed by atoms with Crippen LogP contribution in [0.5, 0.6) is 5.75 Å². The molecule has 3 amide bonds. The molecule has 3 N–H and O–H groups in total. The molecule has 3 aromatic rings. The minimum absolute atomic E-state index is 0.216. The molecular weight excluding hydrogens is 479 g/mol. The maximum absolute atomic E-state index is 12.1. The SMILES string of the molecule is Cc1ccc(NC(=O)COc2cccc(/C=N\NC(=O)C(=O)Nc3cccc(Cl)c3)c2)cc1Cl. The number of hydrogen-bond acceptors (Lipinski definition) is 5. The smallest absolute Gasteiger partial charge is 0.329 e. The van der Waals surface area contributed by atoms with Crippen molar-refractivity contribution in [1.29, 1.82) is 0 Å². The van der Waals surface area contributed by atoms with Crippen LogP contribution < -0.4 is 20.8 Å². The molecule has 0 unspecified atom stereocenters. The fourth-order valence-electron chi connectivity index (χ4n) is 2.67. The molecule has 3 aromatic carbocycles. The van der Waals surface area contributed by atoms with Crippen LogP contribution in [0, 0.1) is 6.92 Å². The van der Waals surface area contributed by atoms with Gasteiger partial charge in [-0.25, -0.2) is 5.43 Å². The van der Waals surface area contributed by atoms with Gasteiger partial charge in [0.1, 0.15) is 5.75 Å². The first-order valence-corrected chi connectivity index (χ1v) is 10.7. The van der Waals surface area contributed by atoms with E-state index in [1.54, 1.807) is 60.7 Å².